The number of thioether (sulfide) groups is 1. The molecule has 1 fully saturated rings. The number of nitrogens with zero attached hydrogens (tertiary/aromatic N) is 4. The number of rotatable bonds is 3. The van der Waals surface area contributed by atoms with Crippen LogP contribution in [0.1, 0.15) is 11.9 Å². The third kappa shape index (κ3) is 2.05. The normalized spacial score (nSPS) is 22.5. The molecule has 78 valence electrons. The van der Waals surface area contributed by atoms with Crippen LogP contribution < -0.4 is 5.73 Å². The van der Waals surface area contributed by atoms with Gasteiger partial charge < -0.3 is 10.5 Å². The molecular formula is C7H13N5OS. The summed E-state index contributed by atoms with van der Waals surface area (Å²) in [5.41, 5.74) is 5.46. The minimum absolute atomic E-state index is 0.0234. The summed E-state index contributed by atoms with van der Waals surface area (Å²) >= 11 is 1.86. The lowest BCUT2D eigenvalue weighted by atomic mass is 10.3. The summed E-state index contributed by atoms with van der Waals surface area (Å²) in [4.78, 5) is 0. The highest BCUT2D eigenvalue weighted by Crippen LogP contribution is 2.24. The van der Waals surface area contributed by atoms with Crippen molar-refractivity contribution >= 4 is 11.8 Å². The Balaban J connectivity index is 2.09. The monoisotopic (exact) mass is 215 g/mol. The zero-order valence-electron chi connectivity index (χ0n) is 7.80. The molecule has 1 aromatic heterocycles. The van der Waals surface area contributed by atoms with Crippen molar-refractivity contribution in [3.63, 3.8) is 0 Å². The van der Waals surface area contributed by atoms with E-state index in [9.17, 15) is 0 Å². The molecule has 0 saturated carbocycles. The van der Waals surface area contributed by atoms with Crippen LogP contribution in [0.15, 0.2) is 0 Å². The highest BCUT2D eigenvalue weighted by atomic mass is 32.2. The molecule has 7 heteroatoms. The molecule has 0 spiro atoms. The first-order valence-electron chi connectivity index (χ1n) is 4.57. The topological polar surface area (TPSA) is 78.9 Å². The van der Waals surface area contributed by atoms with Crippen LogP contribution in [0, 0.1) is 0 Å². The molecule has 1 saturated heterocycles. The molecule has 0 aliphatic carbocycles. The predicted octanol–water partition coefficient (Wildman–Crippen LogP) is -0.564. The maximum atomic E-state index is 5.58. The maximum Gasteiger partial charge on any atom is 0.181 e. The van der Waals surface area contributed by atoms with E-state index in [1.807, 2.05) is 11.8 Å². The van der Waals surface area contributed by atoms with E-state index in [2.05, 4.69) is 15.5 Å². The number of nitrogens with two attached hydrogens (primary N) is 1. The van der Waals surface area contributed by atoms with Crippen LogP contribution in [-0.2, 0) is 11.3 Å². The Hall–Kier alpha value is -0.660. The Kier molecular flexibility index (Phi) is 3.33. The van der Waals surface area contributed by atoms with E-state index in [-0.39, 0.29) is 6.10 Å². The van der Waals surface area contributed by atoms with Crippen LogP contribution in [0.4, 0.5) is 0 Å². The molecule has 6 nitrogen and oxygen atoms in total. The molecule has 1 aliphatic heterocycles. The van der Waals surface area contributed by atoms with Gasteiger partial charge in [0.1, 0.15) is 6.10 Å². The molecule has 0 radical (unpaired) electrons. The Bertz CT molecular complexity index is 285. The summed E-state index contributed by atoms with van der Waals surface area (Å²) in [6, 6.07) is 0. The van der Waals surface area contributed by atoms with E-state index in [1.165, 1.54) is 0 Å². The third-order valence-corrected chi connectivity index (χ3v) is 3.00. The van der Waals surface area contributed by atoms with Crippen molar-refractivity contribution < 1.29 is 4.74 Å². The average molecular weight is 215 g/mol. The summed E-state index contributed by atoms with van der Waals surface area (Å²) in [6.07, 6.45) is 0.0234. The number of ether oxygens (including phenoxy) is 1. The molecule has 0 amide bonds. The molecule has 1 atom stereocenters. The molecule has 2 rings (SSSR count). The predicted molar refractivity (Wildman–Crippen MR) is 52.9 cm³/mol. The second-order valence-electron chi connectivity index (χ2n) is 2.98. The van der Waals surface area contributed by atoms with Crippen molar-refractivity contribution in [3.05, 3.63) is 5.82 Å². The number of tetrazole rings is 1. The van der Waals surface area contributed by atoms with E-state index < -0.39 is 0 Å². The lowest BCUT2D eigenvalue weighted by molar-refractivity contribution is 0.0659. The second-order valence-corrected chi connectivity index (χ2v) is 4.13. The van der Waals surface area contributed by atoms with Crippen LogP contribution >= 0.6 is 11.8 Å². The van der Waals surface area contributed by atoms with Crippen LogP contribution in [0.5, 0.6) is 0 Å². The summed E-state index contributed by atoms with van der Waals surface area (Å²) < 4.78 is 7.30. The fraction of sp³-hybridized carbons (Fsp3) is 0.857. The van der Waals surface area contributed by atoms with E-state index in [4.69, 9.17) is 10.5 Å². The highest BCUT2D eigenvalue weighted by Gasteiger charge is 2.22. The minimum Gasteiger partial charge on any atom is -0.368 e. The Morgan fingerprint density at radius 1 is 1.64 bits per heavy atom. The number of hydrogen-bond donors (Lipinski definition) is 1. The fourth-order valence-electron chi connectivity index (χ4n) is 1.36. The summed E-state index contributed by atoms with van der Waals surface area (Å²) in [6.45, 7) is 1.95. The molecule has 14 heavy (non-hydrogen) atoms. The number of hydrogen-bond acceptors (Lipinski definition) is 6. The van der Waals surface area contributed by atoms with E-state index in [0.29, 0.717) is 13.1 Å². The maximum absolute atomic E-state index is 5.58. The van der Waals surface area contributed by atoms with Gasteiger partial charge in [0, 0.05) is 18.1 Å². The smallest absolute Gasteiger partial charge is 0.181 e. The summed E-state index contributed by atoms with van der Waals surface area (Å²) in [5, 5.41) is 11.5. The third-order valence-electron chi connectivity index (χ3n) is 2.00. The van der Waals surface area contributed by atoms with E-state index >= 15 is 0 Å². The summed E-state index contributed by atoms with van der Waals surface area (Å²) in [5.74, 6) is 2.77. The second kappa shape index (κ2) is 4.72. The van der Waals surface area contributed by atoms with Gasteiger partial charge in [-0.1, -0.05) is 0 Å². The van der Waals surface area contributed by atoms with Crippen molar-refractivity contribution in [1.29, 1.82) is 0 Å². The molecule has 1 unspecified atom stereocenters. The molecule has 1 aromatic rings. The number of aromatic nitrogens is 4. The van der Waals surface area contributed by atoms with E-state index in [0.717, 1.165) is 23.9 Å². The zero-order valence-corrected chi connectivity index (χ0v) is 8.61. The summed E-state index contributed by atoms with van der Waals surface area (Å²) in [7, 11) is 0. The SMILES string of the molecule is NCCn1nnnc1C1CSCCO1. The Morgan fingerprint density at radius 2 is 2.57 bits per heavy atom. The van der Waals surface area contributed by atoms with Crippen molar-refractivity contribution in [2.24, 2.45) is 5.73 Å². The van der Waals surface area contributed by atoms with Gasteiger partial charge in [0.25, 0.3) is 0 Å². The molecule has 2 heterocycles. The van der Waals surface area contributed by atoms with Gasteiger partial charge in [-0.2, -0.15) is 11.8 Å². The van der Waals surface area contributed by atoms with Crippen LogP contribution in [-0.4, -0.2) is 44.9 Å². The molecular weight excluding hydrogens is 202 g/mol. The van der Waals surface area contributed by atoms with E-state index in [1.54, 1.807) is 4.68 Å². The lowest BCUT2D eigenvalue weighted by Crippen LogP contribution is -2.22. The quantitative estimate of drug-likeness (QED) is 0.728. The van der Waals surface area contributed by atoms with Gasteiger partial charge in [-0.3, -0.25) is 0 Å². The van der Waals surface area contributed by atoms with Crippen LogP contribution in [0.25, 0.3) is 0 Å². The standard InChI is InChI=1S/C7H13N5OS/c8-1-2-12-7(9-10-11-12)6-5-14-4-3-13-6/h6H,1-5,8H2. The first-order valence-corrected chi connectivity index (χ1v) is 5.73. The van der Waals surface area contributed by atoms with Crippen molar-refractivity contribution in [2.45, 2.75) is 12.6 Å². The van der Waals surface area contributed by atoms with Gasteiger partial charge in [0.05, 0.1) is 13.2 Å². The van der Waals surface area contributed by atoms with Crippen molar-refractivity contribution in [1.82, 2.24) is 20.2 Å². The lowest BCUT2D eigenvalue weighted by Gasteiger charge is -2.20. The first kappa shape index (κ1) is 9.88. The van der Waals surface area contributed by atoms with Gasteiger partial charge in [0.15, 0.2) is 5.82 Å². The van der Waals surface area contributed by atoms with Crippen molar-refractivity contribution in [3.8, 4) is 0 Å². The van der Waals surface area contributed by atoms with Crippen molar-refractivity contribution in [2.75, 3.05) is 24.7 Å². The fourth-order valence-corrected chi connectivity index (χ4v) is 2.20. The van der Waals surface area contributed by atoms with Crippen LogP contribution in [0.3, 0.4) is 0 Å². The van der Waals surface area contributed by atoms with Gasteiger partial charge in [-0.25, -0.2) is 4.68 Å². The molecule has 0 bridgehead atoms. The zero-order chi connectivity index (χ0) is 9.80. The minimum atomic E-state index is 0.0234. The van der Waals surface area contributed by atoms with Gasteiger partial charge in [-0.05, 0) is 10.4 Å². The Labute approximate surface area is 86.2 Å². The Morgan fingerprint density at radius 3 is 3.29 bits per heavy atom. The van der Waals surface area contributed by atoms with Gasteiger partial charge in [0.2, 0.25) is 0 Å². The largest absolute Gasteiger partial charge is 0.368 e. The average Bonchev–Trinajstić information content (AvgIpc) is 2.68. The highest BCUT2D eigenvalue weighted by molar-refractivity contribution is 7.99. The van der Waals surface area contributed by atoms with Gasteiger partial charge in [-0.15, -0.1) is 5.10 Å². The molecule has 0 aromatic carbocycles. The first-order chi connectivity index (χ1) is 6.92. The van der Waals surface area contributed by atoms with Gasteiger partial charge >= 0.3 is 0 Å². The van der Waals surface area contributed by atoms with Crippen LogP contribution in [0.2, 0.25) is 0 Å². The molecule has 2 N–H and O–H groups in total. The molecule has 1 aliphatic rings.